The summed E-state index contributed by atoms with van der Waals surface area (Å²) in [4.78, 5) is 36.3. The third-order valence-electron chi connectivity index (χ3n) is 6.88. The Bertz CT molecular complexity index is 1230. The molecule has 0 aliphatic heterocycles. The average Bonchev–Trinajstić information content (AvgIpc) is 2.92. The monoisotopic (exact) mass is 499 g/mol. The lowest BCUT2D eigenvalue weighted by molar-refractivity contribution is -0.143. The first-order chi connectivity index (χ1) is 17.9. The van der Waals surface area contributed by atoms with Crippen LogP contribution < -0.4 is 10.1 Å². The third-order valence-corrected chi connectivity index (χ3v) is 6.88. The fraction of sp³-hybridized carbons (Fsp3) is 0.323. The van der Waals surface area contributed by atoms with Gasteiger partial charge in [0.25, 0.3) is 5.91 Å². The number of rotatable bonds is 10. The van der Waals surface area contributed by atoms with Gasteiger partial charge in [-0.1, -0.05) is 42.0 Å². The first kappa shape index (κ1) is 26.1. The van der Waals surface area contributed by atoms with Crippen molar-refractivity contribution in [3.8, 4) is 16.9 Å². The number of hydrogen-bond acceptors (Lipinski definition) is 4. The molecule has 4 rings (SSSR count). The lowest BCUT2D eigenvalue weighted by Crippen LogP contribution is -2.27. The molecule has 1 saturated carbocycles. The molecular weight excluding hydrogens is 466 g/mol. The molecule has 192 valence electrons. The van der Waals surface area contributed by atoms with E-state index in [0.717, 1.165) is 24.0 Å². The molecule has 1 aliphatic rings. The summed E-state index contributed by atoms with van der Waals surface area (Å²) in [5.74, 6) is -0.443. The molecule has 0 unspecified atom stereocenters. The van der Waals surface area contributed by atoms with Crippen LogP contribution in [0.3, 0.4) is 0 Å². The number of hydrogen-bond donors (Lipinski definition) is 2. The highest BCUT2D eigenvalue weighted by molar-refractivity contribution is 5.97. The van der Waals surface area contributed by atoms with Crippen molar-refractivity contribution in [2.24, 2.45) is 5.92 Å². The van der Waals surface area contributed by atoms with E-state index < -0.39 is 5.97 Å². The van der Waals surface area contributed by atoms with Gasteiger partial charge in [0.1, 0.15) is 5.75 Å². The first-order valence-corrected chi connectivity index (χ1v) is 12.9. The van der Waals surface area contributed by atoms with Crippen molar-refractivity contribution in [3.05, 3.63) is 89.5 Å². The maximum atomic E-state index is 12.6. The van der Waals surface area contributed by atoms with Crippen LogP contribution in [0, 0.1) is 12.8 Å². The van der Waals surface area contributed by atoms with Crippen molar-refractivity contribution in [1.29, 1.82) is 0 Å². The largest absolute Gasteiger partial charge is 0.490 e. The van der Waals surface area contributed by atoms with E-state index in [9.17, 15) is 14.4 Å². The minimum atomic E-state index is -0.729. The predicted octanol–water partition coefficient (Wildman–Crippen LogP) is 6.08. The predicted molar refractivity (Wildman–Crippen MR) is 143 cm³/mol. The smallest absolute Gasteiger partial charge is 0.306 e. The molecule has 1 aliphatic carbocycles. The zero-order valence-corrected chi connectivity index (χ0v) is 21.1. The van der Waals surface area contributed by atoms with E-state index in [-0.39, 0.29) is 23.7 Å². The van der Waals surface area contributed by atoms with Crippen molar-refractivity contribution in [1.82, 2.24) is 5.32 Å². The number of amides is 1. The molecule has 0 saturated heterocycles. The second-order valence-corrected chi connectivity index (χ2v) is 9.68. The SMILES string of the molecule is Cc1ccc(-c2cccc(C(=O)NCCCC(=O)c3ccc(OC4CCC(C(=O)O)CC4)cc3)c2)cc1. The molecule has 3 aromatic rings. The van der Waals surface area contributed by atoms with E-state index in [0.29, 0.717) is 49.1 Å². The van der Waals surface area contributed by atoms with Crippen molar-refractivity contribution >= 4 is 17.7 Å². The molecule has 0 heterocycles. The van der Waals surface area contributed by atoms with E-state index in [1.807, 2.05) is 49.4 Å². The number of aliphatic carboxylic acids is 1. The van der Waals surface area contributed by atoms with Gasteiger partial charge >= 0.3 is 5.97 Å². The summed E-state index contributed by atoms with van der Waals surface area (Å²) in [6.07, 6.45) is 3.60. The summed E-state index contributed by atoms with van der Waals surface area (Å²) in [6, 6.07) is 22.8. The van der Waals surface area contributed by atoms with Gasteiger partial charge in [0.2, 0.25) is 0 Å². The van der Waals surface area contributed by atoms with Crippen LogP contribution in [-0.4, -0.2) is 35.4 Å². The Hall–Kier alpha value is -3.93. The van der Waals surface area contributed by atoms with E-state index in [1.54, 1.807) is 30.3 Å². The second-order valence-electron chi connectivity index (χ2n) is 9.68. The maximum Gasteiger partial charge on any atom is 0.306 e. The summed E-state index contributed by atoms with van der Waals surface area (Å²) >= 11 is 0. The van der Waals surface area contributed by atoms with Crippen LogP contribution in [0.5, 0.6) is 5.75 Å². The Morgan fingerprint density at radius 2 is 1.57 bits per heavy atom. The van der Waals surface area contributed by atoms with Crippen LogP contribution >= 0.6 is 0 Å². The number of nitrogens with one attached hydrogen (secondary N) is 1. The number of aryl methyl sites for hydroxylation is 1. The quantitative estimate of drug-likeness (QED) is 0.261. The fourth-order valence-electron chi connectivity index (χ4n) is 4.62. The average molecular weight is 500 g/mol. The Morgan fingerprint density at radius 1 is 0.865 bits per heavy atom. The molecule has 0 atom stereocenters. The van der Waals surface area contributed by atoms with Crippen LogP contribution in [0.25, 0.3) is 11.1 Å². The lowest BCUT2D eigenvalue weighted by atomic mass is 9.87. The number of ether oxygens (including phenoxy) is 1. The van der Waals surface area contributed by atoms with Gasteiger partial charge in [-0.2, -0.15) is 0 Å². The second kappa shape index (κ2) is 12.3. The Morgan fingerprint density at radius 3 is 2.24 bits per heavy atom. The summed E-state index contributed by atoms with van der Waals surface area (Å²) < 4.78 is 5.98. The van der Waals surface area contributed by atoms with Crippen LogP contribution in [0.2, 0.25) is 0 Å². The number of carbonyl (C=O) groups is 3. The summed E-state index contributed by atoms with van der Waals surface area (Å²) in [7, 11) is 0. The molecule has 0 aromatic heterocycles. The summed E-state index contributed by atoms with van der Waals surface area (Å²) in [5, 5.41) is 12.0. The topological polar surface area (TPSA) is 92.7 Å². The Kier molecular flexibility index (Phi) is 8.72. The Balaban J connectivity index is 1.20. The minimum absolute atomic E-state index is 0.0124. The van der Waals surface area contributed by atoms with Crippen molar-refractivity contribution in [3.63, 3.8) is 0 Å². The van der Waals surface area contributed by atoms with Crippen molar-refractivity contribution in [2.75, 3.05) is 6.54 Å². The van der Waals surface area contributed by atoms with Crippen LogP contribution in [0.15, 0.2) is 72.8 Å². The number of Topliss-reactive ketones (excluding diaryl/α,β-unsaturated/α-hetero) is 1. The molecule has 2 N–H and O–H groups in total. The lowest BCUT2D eigenvalue weighted by Gasteiger charge is -2.26. The van der Waals surface area contributed by atoms with Gasteiger partial charge in [0, 0.05) is 24.1 Å². The number of carboxylic acids is 1. The molecular formula is C31H33NO5. The number of carboxylic acid groups (broad SMARTS) is 1. The molecule has 0 spiro atoms. The first-order valence-electron chi connectivity index (χ1n) is 12.9. The van der Waals surface area contributed by atoms with Crippen molar-refractivity contribution < 1.29 is 24.2 Å². The normalized spacial score (nSPS) is 17.1. The standard InChI is InChI=1S/C31H33NO5/c1-21-7-9-22(10-8-21)25-4-2-5-26(20-25)30(34)32-19-3-6-29(33)23-11-15-27(16-12-23)37-28-17-13-24(14-18-28)31(35)36/h2,4-5,7-12,15-16,20,24,28H,3,6,13-14,17-19H2,1H3,(H,32,34)(H,35,36). The van der Waals surface area contributed by atoms with E-state index in [4.69, 9.17) is 9.84 Å². The highest BCUT2D eigenvalue weighted by atomic mass is 16.5. The third kappa shape index (κ3) is 7.29. The van der Waals surface area contributed by atoms with Gasteiger partial charge in [-0.25, -0.2) is 0 Å². The molecule has 37 heavy (non-hydrogen) atoms. The highest BCUT2D eigenvalue weighted by Gasteiger charge is 2.26. The van der Waals surface area contributed by atoms with Crippen molar-refractivity contribution in [2.45, 2.75) is 51.6 Å². The number of ketones is 1. The maximum absolute atomic E-state index is 12.6. The van der Waals surface area contributed by atoms with Gasteiger partial charge < -0.3 is 15.2 Å². The summed E-state index contributed by atoms with van der Waals surface area (Å²) in [5.41, 5.74) is 4.44. The van der Waals surface area contributed by atoms with Crippen LogP contribution in [0.1, 0.15) is 64.8 Å². The molecule has 6 nitrogen and oxygen atoms in total. The van der Waals surface area contributed by atoms with Gasteiger partial charge in [-0.3, -0.25) is 14.4 Å². The van der Waals surface area contributed by atoms with Gasteiger partial charge in [-0.05, 0) is 86.6 Å². The van der Waals surface area contributed by atoms with E-state index >= 15 is 0 Å². The molecule has 0 bridgehead atoms. The molecule has 3 aromatic carbocycles. The van der Waals surface area contributed by atoms with Gasteiger partial charge in [0.05, 0.1) is 12.0 Å². The highest BCUT2D eigenvalue weighted by Crippen LogP contribution is 2.28. The Labute approximate surface area is 217 Å². The van der Waals surface area contributed by atoms with Gasteiger partial charge in [-0.15, -0.1) is 0 Å². The molecule has 0 radical (unpaired) electrons. The number of carbonyl (C=O) groups excluding carboxylic acids is 2. The van der Waals surface area contributed by atoms with Crippen LogP contribution in [-0.2, 0) is 4.79 Å². The van der Waals surface area contributed by atoms with E-state index in [2.05, 4.69) is 5.32 Å². The van der Waals surface area contributed by atoms with Gasteiger partial charge in [0.15, 0.2) is 5.78 Å². The van der Waals surface area contributed by atoms with Crippen LogP contribution in [0.4, 0.5) is 0 Å². The number of benzene rings is 3. The fourth-order valence-corrected chi connectivity index (χ4v) is 4.62. The van der Waals surface area contributed by atoms with E-state index in [1.165, 1.54) is 5.56 Å². The zero-order chi connectivity index (χ0) is 26.2. The molecule has 6 heteroatoms. The minimum Gasteiger partial charge on any atom is -0.490 e. The summed E-state index contributed by atoms with van der Waals surface area (Å²) in [6.45, 7) is 2.46. The molecule has 1 fully saturated rings. The molecule has 1 amide bonds. The zero-order valence-electron chi connectivity index (χ0n) is 21.1.